The van der Waals surface area contributed by atoms with Gasteiger partial charge in [0.05, 0.1) is 0 Å². The summed E-state index contributed by atoms with van der Waals surface area (Å²) in [6.07, 6.45) is 49.5. The molecule has 0 heterocycles. The number of carbonyl (C=O) groups is 3. The predicted octanol–water partition coefficient (Wildman–Crippen LogP) is 17.1. The molecular formula is C53H102O6. The van der Waals surface area contributed by atoms with E-state index in [1.165, 1.54) is 193 Å². The molecule has 59 heavy (non-hydrogen) atoms. The van der Waals surface area contributed by atoms with Crippen LogP contribution in [0.25, 0.3) is 0 Å². The summed E-state index contributed by atoms with van der Waals surface area (Å²) in [4.78, 5) is 37.9. The Morgan fingerprint density at radius 3 is 0.831 bits per heavy atom. The molecule has 350 valence electrons. The molecule has 0 spiro atoms. The minimum Gasteiger partial charge on any atom is -0.462 e. The van der Waals surface area contributed by atoms with Crippen LogP contribution >= 0.6 is 0 Å². The zero-order valence-corrected chi connectivity index (χ0v) is 40.2. The van der Waals surface area contributed by atoms with Gasteiger partial charge in [0.1, 0.15) is 13.2 Å². The highest BCUT2D eigenvalue weighted by molar-refractivity contribution is 5.71. The Balaban J connectivity index is 4.24. The predicted molar refractivity (Wildman–Crippen MR) is 252 cm³/mol. The van der Waals surface area contributed by atoms with Crippen molar-refractivity contribution in [2.45, 2.75) is 303 Å². The number of esters is 3. The fourth-order valence-electron chi connectivity index (χ4n) is 8.04. The van der Waals surface area contributed by atoms with Gasteiger partial charge in [0.15, 0.2) is 6.10 Å². The highest BCUT2D eigenvalue weighted by atomic mass is 16.6. The molecule has 0 N–H and O–H groups in total. The van der Waals surface area contributed by atoms with E-state index in [2.05, 4.69) is 27.7 Å². The molecule has 6 nitrogen and oxygen atoms in total. The van der Waals surface area contributed by atoms with Crippen LogP contribution < -0.4 is 0 Å². The van der Waals surface area contributed by atoms with Crippen LogP contribution in [0.2, 0.25) is 0 Å². The number of rotatable bonds is 48. The Bertz CT molecular complexity index is 887. The second kappa shape index (κ2) is 47.5. The van der Waals surface area contributed by atoms with Crippen molar-refractivity contribution in [3.05, 3.63) is 0 Å². The molecule has 1 atom stereocenters. The molecular weight excluding hydrogens is 733 g/mol. The molecule has 0 rings (SSSR count). The van der Waals surface area contributed by atoms with E-state index in [9.17, 15) is 14.4 Å². The van der Waals surface area contributed by atoms with E-state index < -0.39 is 6.10 Å². The highest BCUT2D eigenvalue weighted by Crippen LogP contribution is 2.17. The van der Waals surface area contributed by atoms with Crippen molar-refractivity contribution in [2.75, 3.05) is 13.2 Å². The molecule has 0 aromatic heterocycles. The van der Waals surface area contributed by atoms with Gasteiger partial charge in [0.25, 0.3) is 0 Å². The van der Waals surface area contributed by atoms with E-state index in [1.54, 1.807) is 0 Å². The van der Waals surface area contributed by atoms with Crippen molar-refractivity contribution in [3.8, 4) is 0 Å². The fourth-order valence-corrected chi connectivity index (χ4v) is 8.04. The molecule has 0 saturated carbocycles. The number of hydrogen-bond donors (Lipinski definition) is 0. The molecule has 0 aromatic rings. The first-order valence-electron chi connectivity index (χ1n) is 26.4. The van der Waals surface area contributed by atoms with Crippen LogP contribution in [0.15, 0.2) is 0 Å². The van der Waals surface area contributed by atoms with Gasteiger partial charge in [-0.05, 0) is 25.2 Å². The summed E-state index contributed by atoms with van der Waals surface area (Å²) in [6.45, 7) is 9.03. The number of hydrogen-bond acceptors (Lipinski definition) is 6. The van der Waals surface area contributed by atoms with Crippen molar-refractivity contribution in [2.24, 2.45) is 5.92 Å². The Kier molecular flexibility index (Phi) is 46.2. The third-order valence-electron chi connectivity index (χ3n) is 12.0. The SMILES string of the molecule is CCCCCCCCCCCCCCCCCC(=O)O[C@H](COC(=O)CCCCCCCCCCC)COC(=O)CCCCCCCCCCCCCCCCC(C)C. The average molecular weight is 835 g/mol. The van der Waals surface area contributed by atoms with Crippen molar-refractivity contribution in [1.29, 1.82) is 0 Å². The summed E-state index contributed by atoms with van der Waals surface area (Å²) >= 11 is 0. The lowest BCUT2D eigenvalue weighted by Crippen LogP contribution is -2.30. The van der Waals surface area contributed by atoms with Gasteiger partial charge in [-0.2, -0.15) is 0 Å². The Hall–Kier alpha value is -1.59. The Morgan fingerprint density at radius 2 is 0.559 bits per heavy atom. The van der Waals surface area contributed by atoms with Crippen LogP contribution in [0.1, 0.15) is 297 Å². The minimum absolute atomic E-state index is 0.0626. The van der Waals surface area contributed by atoms with Crippen LogP contribution in [0.4, 0.5) is 0 Å². The smallest absolute Gasteiger partial charge is 0.306 e. The second-order valence-electron chi connectivity index (χ2n) is 18.6. The molecule has 0 amide bonds. The van der Waals surface area contributed by atoms with E-state index in [-0.39, 0.29) is 31.1 Å². The molecule has 0 aliphatic rings. The van der Waals surface area contributed by atoms with Gasteiger partial charge in [0.2, 0.25) is 0 Å². The van der Waals surface area contributed by atoms with Gasteiger partial charge in [-0.1, -0.05) is 259 Å². The molecule has 0 unspecified atom stereocenters. The summed E-state index contributed by atoms with van der Waals surface area (Å²) in [5.74, 6) is -0.000130. The fraction of sp³-hybridized carbons (Fsp3) is 0.943. The summed E-state index contributed by atoms with van der Waals surface area (Å²) in [5.41, 5.74) is 0. The average Bonchev–Trinajstić information content (AvgIpc) is 3.22. The molecule has 0 aliphatic heterocycles. The van der Waals surface area contributed by atoms with Crippen molar-refractivity contribution in [3.63, 3.8) is 0 Å². The number of ether oxygens (including phenoxy) is 3. The lowest BCUT2D eigenvalue weighted by molar-refractivity contribution is -0.167. The maximum atomic E-state index is 12.8. The molecule has 0 saturated heterocycles. The van der Waals surface area contributed by atoms with Gasteiger partial charge in [0, 0.05) is 19.3 Å². The first kappa shape index (κ1) is 57.4. The van der Waals surface area contributed by atoms with Gasteiger partial charge >= 0.3 is 17.9 Å². The first-order chi connectivity index (χ1) is 28.9. The minimum atomic E-state index is -0.760. The Morgan fingerprint density at radius 1 is 0.322 bits per heavy atom. The van der Waals surface area contributed by atoms with Gasteiger partial charge in [-0.3, -0.25) is 14.4 Å². The van der Waals surface area contributed by atoms with Crippen LogP contribution in [0.5, 0.6) is 0 Å². The summed E-state index contributed by atoms with van der Waals surface area (Å²) < 4.78 is 16.8. The van der Waals surface area contributed by atoms with Crippen LogP contribution in [-0.4, -0.2) is 37.2 Å². The van der Waals surface area contributed by atoms with Gasteiger partial charge < -0.3 is 14.2 Å². The largest absolute Gasteiger partial charge is 0.462 e. The van der Waals surface area contributed by atoms with Crippen molar-refractivity contribution < 1.29 is 28.6 Å². The number of unbranched alkanes of at least 4 members (excludes halogenated alkanes) is 35. The van der Waals surface area contributed by atoms with Gasteiger partial charge in [-0.25, -0.2) is 0 Å². The zero-order valence-electron chi connectivity index (χ0n) is 40.2. The molecule has 0 fully saturated rings. The first-order valence-corrected chi connectivity index (χ1v) is 26.4. The molecule has 6 heteroatoms. The van der Waals surface area contributed by atoms with E-state index >= 15 is 0 Å². The summed E-state index contributed by atoms with van der Waals surface area (Å²) in [7, 11) is 0. The van der Waals surface area contributed by atoms with Crippen LogP contribution in [0, 0.1) is 5.92 Å². The zero-order chi connectivity index (χ0) is 43.1. The lowest BCUT2D eigenvalue weighted by atomic mass is 10.0. The number of carbonyl (C=O) groups excluding carboxylic acids is 3. The maximum absolute atomic E-state index is 12.8. The monoisotopic (exact) mass is 835 g/mol. The maximum Gasteiger partial charge on any atom is 0.306 e. The third kappa shape index (κ3) is 47.3. The van der Waals surface area contributed by atoms with E-state index in [0.29, 0.717) is 19.3 Å². The van der Waals surface area contributed by atoms with E-state index in [1.807, 2.05) is 0 Å². The quantitative estimate of drug-likeness (QED) is 0.0345. The second-order valence-corrected chi connectivity index (χ2v) is 18.6. The summed E-state index contributed by atoms with van der Waals surface area (Å²) in [5, 5.41) is 0. The van der Waals surface area contributed by atoms with Crippen LogP contribution in [-0.2, 0) is 28.6 Å². The highest BCUT2D eigenvalue weighted by Gasteiger charge is 2.19. The van der Waals surface area contributed by atoms with Crippen LogP contribution in [0.3, 0.4) is 0 Å². The topological polar surface area (TPSA) is 78.9 Å². The third-order valence-corrected chi connectivity index (χ3v) is 12.0. The lowest BCUT2D eigenvalue weighted by Gasteiger charge is -2.18. The van der Waals surface area contributed by atoms with Gasteiger partial charge in [-0.15, -0.1) is 0 Å². The van der Waals surface area contributed by atoms with Crippen molar-refractivity contribution >= 4 is 17.9 Å². The molecule has 0 aromatic carbocycles. The summed E-state index contributed by atoms with van der Waals surface area (Å²) in [6, 6.07) is 0. The normalized spacial score (nSPS) is 11.9. The molecule has 0 radical (unpaired) electrons. The van der Waals surface area contributed by atoms with E-state index in [0.717, 1.165) is 63.7 Å². The Labute approximate surface area is 368 Å². The van der Waals surface area contributed by atoms with E-state index in [4.69, 9.17) is 14.2 Å². The molecule has 0 aliphatic carbocycles. The van der Waals surface area contributed by atoms with Crippen molar-refractivity contribution in [1.82, 2.24) is 0 Å². The molecule has 0 bridgehead atoms. The standard InChI is InChI=1S/C53H102O6/c1-5-7-9-11-13-15-16-17-18-23-26-30-34-38-42-46-53(56)59-50(47-57-51(54)44-40-36-32-27-14-12-10-8-6-2)48-58-52(55)45-41-37-33-29-25-22-20-19-21-24-28-31-35-39-43-49(3)4/h49-50H,5-48H2,1-4H3/t50-/m1/s1.